The van der Waals surface area contributed by atoms with Crippen LogP contribution in [-0.4, -0.2) is 26.3 Å². The summed E-state index contributed by atoms with van der Waals surface area (Å²) in [5, 5.41) is 8.61. The molecule has 0 saturated heterocycles. The lowest BCUT2D eigenvalue weighted by Crippen LogP contribution is -2.27. The third-order valence-corrected chi connectivity index (χ3v) is 4.23. The number of hydrogen-bond acceptors (Lipinski definition) is 2. The number of hydrogen-bond donors (Lipinski definition) is 1. The normalized spacial score (nSPS) is 31.2. The summed E-state index contributed by atoms with van der Waals surface area (Å²) in [6.07, 6.45) is 4.15. The van der Waals surface area contributed by atoms with Gasteiger partial charge in [-0.1, -0.05) is 19.8 Å². The monoisotopic (exact) mass is 204 g/mol. The van der Waals surface area contributed by atoms with Crippen LogP contribution in [0.1, 0.15) is 32.6 Å². The summed E-state index contributed by atoms with van der Waals surface area (Å²) in [4.78, 5) is 10.3. The average molecular weight is 204 g/mol. The van der Waals surface area contributed by atoms with Crippen LogP contribution in [0.25, 0.3) is 0 Å². The number of carboxylic acid groups (broad SMARTS) is 1. The minimum Gasteiger partial charge on any atom is -0.481 e. The van der Waals surface area contributed by atoms with E-state index in [0.717, 1.165) is 19.3 Å². The van der Waals surface area contributed by atoms with Gasteiger partial charge >= 0.3 is 5.97 Å². The molecule has 1 fully saturated rings. The lowest BCUT2D eigenvalue weighted by Gasteiger charge is -2.25. The Hall–Kier alpha value is -0.380. The molecule has 0 aromatic heterocycles. The van der Waals surface area contributed by atoms with Crippen molar-refractivity contribution in [2.24, 2.45) is 5.92 Å². The van der Waals surface area contributed by atoms with E-state index < -0.39 is 16.8 Å². The SMILES string of the molecule is CC1CCCC(S(=O)CC(=O)O)C1. The predicted octanol–water partition coefficient (Wildman–Crippen LogP) is 1.40. The standard InChI is InChI=1S/C9H16O3S/c1-7-3-2-4-8(5-7)13(12)6-9(10)11/h7-8H,2-6H2,1H3,(H,10,11). The summed E-state index contributed by atoms with van der Waals surface area (Å²) in [6, 6.07) is 0. The van der Waals surface area contributed by atoms with Crippen molar-refractivity contribution in [1.82, 2.24) is 0 Å². The molecule has 1 N–H and O–H groups in total. The predicted molar refractivity (Wildman–Crippen MR) is 52.1 cm³/mol. The van der Waals surface area contributed by atoms with Crippen molar-refractivity contribution in [3.8, 4) is 0 Å². The van der Waals surface area contributed by atoms with Crippen LogP contribution >= 0.6 is 0 Å². The van der Waals surface area contributed by atoms with E-state index in [1.807, 2.05) is 0 Å². The second kappa shape index (κ2) is 4.74. The van der Waals surface area contributed by atoms with Crippen molar-refractivity contribution < 1.29 is 14.1 Å². The Morgan fingerprint density at radius 1 is 1.54 bits per heavy atom. The molecule has 3 unspecified atom stereocenters. The third-order valence-electron chi connectivity index (χ3n) is 2.53. The molecule has 1 saturated carbocycles. The zero-order valence-electron chi connectivity index (χ0n) is 7.86. The van der Waals surface area contributed by atoms with Crippen LogP contribution in [0.2, 0.25) is 0 Å². The summed E-state index contributed by atoms with van der Waals surface area (Å²) >= 11 is 0. The van der Waals surface area contributed by atoms with E-state index in [0.29, 0.717) is 5.92 Å². The molecule has 4 heteroatoms. The molecule has 0 aliphatic heterocycles. The molecule has 3 nitrogen and oxygen atoms in total. The average Bonchev–Trinajstić information content (AvgIpc) is 2.03. The largest absolute Gasteiger partial charge is 0.481 e. The van der Waals surface area contributed by atoms with Gasteiger partial charge in [-0.2, -0.15) is 0 Å². The molecular weight excluding hydrogens is 188 g/mol. The summed E-state index contributed by atoms with van der Waals surface area (Å²) in [5.74, 6) is -0.523. The fourth-order valence-electron chi connectivity index (χ4n) is 1.86. The molecule has 1 aliphatic rings. The minimum absolute atomic E-state index is 0.125. The van der Waals surface area contributed by atoms with Crippen molar-refractivity contribution in [2.75, 3.05) is 5.75 Å². The van der Waals surface area contributed by atoms with Crippen LogP contribution in [-0.2, 0) is 15.6 Å². The first-order chi connectivity index (χ1) is 6.09. The van der Waals surface area contributed by atoms with Gasteiger partial charge < -0.3 is 5.11 Å². The van der Waals surface area contributed by atoms with Gasteiger partial charge in [-0.3, -0.25) is 9.00 Å². The Balaban J connectivity index is 2.41. The molecule has 1 rings (SSSR count). The molecule has 0 heterocycles. The van der Waals surface area contributed by atoms with E-state index in [2.05, 4.69) is 6.92 Å². The molecule has 1 aliphatic carbocycles. The van der Waals surface area contributed by atoms with Gasteiger partial charge in [-0.05, 0) is 18.8 Å². The van der Waals surface area contributed by atoms with E-state index in [9.17, 15) is 9.00 Å². The molecule has 0 amide bonds. The van der Waals surface area contributed by atoms with Crippen molar-refractivity contribution >= 4 is 16.8 Å². The van der Waals surface area contributed by atoms with Gasteiger partial charge in [0.25, 0.3) is 0 Å². The van der Waals surface area contributed by atoms with Crippen LogP contribution in [0.4, 0.5) is 0 Å². The first-order valence-electron chi connectivity index (χ1n) is 4.68. The third kappa shape index (κ3) is 3.46. The first kappa shape index (κ1) is 10.7. The lowest BCUT2D eigenvalue weighted by atomic mass is 9.91. The smallest absolute Gasteiger partial charge is 0.316 e. The Morgan fingerprint density at radius 2 is 2.23 bits per heavy atom. The van der Waals surface area contributed by atoms with E-state index in [4.69, 9.17) is 5.11 Å². The van der Waals surface area contributed by atoms with Gasteiger partial charge in [-0.25, -0.2) is 0 Å². The summed E-state index contributed by atoms with van der Waals surface area (Å²) in [5.41, 5.74) is 0. The molecule has 0 bridgehead atoms. The summed E-state index contributed by atoms with van der Waals surface area (Å²) in [6.45, 7) is 2.14. The van der Waals surface area contributed by atoms with Gasteiger partial charge in [0, 0.05) is 16.0 Å². The topological polar surface area (TPSA) is 54.4 Å². The van der Waals surface area contributed by atoms with Crippen LogP contribution in [0.3, 0.4) is 0 Å². The molecule has 0 aromatic carbocycles. The summed E-state index contributed by atoms with van der Waals surface area (Å²) < 4.78 is 11.5. The Labute approximate surface area is 81.0 Å². The fraction of sp³-hybridized carbons (Fsp3) is 0.889. The van der Waals surface area contributed by atoms with Gasteiger partial charge in [0.05, 0.1) is 0 Å². The Morgan fingerprint density at radius 3 is 2.77 bits per heavy atom. The van der Waals surface area contributed by atoms with Crippen molar-refractivity contribution in [3.05, 3.63) is 0 Å². The molecule has 0 aromatic rings. The highest BCUT2D eigenvalue weighted by molar-refractivity contribution is 7.86. The maximum absolute atomic E-state index is 11.5. The van der Waals surface area contributed by atoms with E-state index >= 15 is 0 Å². The van der Waals surface area contributed by atoms with Crippen molar-refractivity contribution in [1.29, 1.82) is 0 Å². The van der Waals surface area contributed by atoms with E-state index in [1.54, 1.807) is 0 Å². The zero-order valence-corrected chi connectivity index (χ0v) is 8.68. The van der Waals surface area contributed by atoms with Crippen molar-refractivity contribution in [3.63, 3.8) is 0 Å². The van der Waals surface area contributed by atoms with Crippen LogP contribution in [0.15, 0.2) is 0 Å². The zero-order chi connectivity index (χ0) is 9.84. The number of aliphatic carboxylic acids is 1. The number of carboxylic acids is 1. The quantitative estimate of drug-likeness (QED) is 0.756. The van der Waals surface area contributed by atoms with Gasteiger partial charge in [0.1, 0.15) is 5.75 Å². The van der Waals surface area contributed by atoms with Crippen molar-refractivity contribution in [2.45, 2.75) is 37.9 Å². The Kier molecular flexibility index (Phi) is 3.90. The highest BCUT2D eigenvalue weighted by atomic mass is 32.2. The van der Waals surface area contributed by atoms with Gasteiger partial charge in [0.2, 0.25) is 0 Å². The van der Waals surface area contributed by atoms with Crippen LogP contribution in [0.5, 0.6) is 0 Å². The maximum Gasteiger partial charge on any atom is 0.316 e. The molecule has 0 spiro atoms. The summed E-state index contributed by atoms with van der Waals surface area (Å²) in [7, 11) is -1.16. The fourth-order valence-corrected chi connectivity index (χ4v) is 3.31. The second-order valence-corrected chi connectivity index (χ2v) is 5.53. The van der Waals surface area contributed by atoms with E-state index in [-0.39, 0.29) is 11.0 Å². The number of carbonyl (C=O) groups is 1. The minimum atomic E-state index is -1.16. The van der Waals surface area contributed by atoms with Crippen LogP contribution < -0.4 is 0 Å². The van der Waals surface area contributed by atoms with Crippen LogP contribution in [0, 0.1) is 5.92 Å². The van der Waals surface area contributed by atoms with Gasteiger partial charge in [0.15, 0.2) is 0 Å². The molecule has 13 heavy (non-hydrogen) atoms. The lowest BCUT2D eigenvalue weighted by molar-refractivity contribution is -0.134. The number of rotatable bonds is 3. The molecule has 76 valence electrons. The highest BCUT2D eigenvalue weighted by Gasteiger charge is 2.24. The Bertz CT molecular complexity index is 215. The first-order valence-corrected chi connectivity index (χ1v) is 6.06. The molecule has 3 atom stereocenters. The van der Waals surface area contributed by atoms with E-state index in [1.165, 1.54) is 6.42 Å². The maximum atomic E-state index is 11.5. The molecular formula is C9H16O3S. The molecule has 0 radical (unpaired) electrons. The second-order valence-electron chi connectivity index (χ2n) is 3.81. The highest BCUT2D eigenvalue weighted by Crippen LogP contribution is 2.26. The van der Waals surface area contributed by atoms with Gasteiger partial charge in [-0.15, -0.1) is 0 Å².